The van der Waals surface area contributed by atoms with Crippen molar-refractivity contribution in [2.45, 2.75) is 12.3 Å². The summed E-state index contributed by atoms with van der Waals surface area (Å²) in [6.07, 6.45) is 4.39. The van der Waals surface area contributed by atoms with Crippen LogP contribution in [-0.2, 0) is 5.41 Å². The van der Waals surface area contributed by atoms with Crippen molar-refractivity contribution in [1.82, 2.24) is 14.5 Å². The first-order valence-electron chi connectivity index (χ1n) is 25.0. The van der Waals surface area contributed by atoms with Crippen LogP contribution in [0.2, 0.25) is 0 Å². The van der Waals surface area contributed by atoms with Crippen LogP contribution in [0.15, 0.2) is 267 Å². The molecular weight excluding hydrogens is 883 g/mol. The van der Waals surface area contributed by atoms with E-state index in [0.717, 1.165) is 61.2 Å². The topological polar surface area (TPSA) is 30.7 Å². The molecule has 12 aromatic rings. The molecule has 0 aliphatic heterocycles. The molecule has 0 atom stereocenters. The number of allylic oxidation sites excluding steroid dienone is 2. The number of hydrogen-bond donors (Lipinski definition) is 0. The summed E-state index contributed by atoms with van der Waals surface area (Å²) < 4.78 is 2.34. The molecule has 344 valence electrons. The van der Waals surface area contributed by atoms with Crippen molar-refractivity contribution >= 4 is 33.3 Å². The summed E-state index contributed by atoms with van der Waals surface area (Å²) in [7, 11) is 0. The molecule has 1 aliphatic rings. The largest absolute Gasteiger partial charge is 0.313 e. The zero-order chi connectivity index (χ0) is 48.9. The third-order valence-corrected chi connectivity index (χ3v) is 14.9. The lowest BCUT2D eigenvalue weighted by atomic mass is 9.67. The minimum atomic E-state index is -0.466. The van der Waals surface area contributed by atoms with E-state index in [1.165, 1.54) is 61.1 Å². The van der Waals surface area contributed by atoms with Gasteiger partial charge in [-0.25, -0.2) is 9.97 Å². The first-order chi connectivity index (χ1) is 36.0. The highest BCUT2D eigenvalue weighted by molar-refractivity contribution is 6.04. The van der Waals surface area contributed by atoms with Gasteiger partial charge < -0.3 is 4.57 Å². The van der Waals surface area contributed by atoms with E-state index in [2.05, 4.69) is 267 Å². The van der Waals surface area contributed by atoms with Crippen LogP contribution in [0.3, 0.4) is 0 Å². The standard InChI is InChI=1S/C70H49N3/c1-47(35-41-57-48(2)73(55-27-13-6-14-28-55)68-34-20-18-32-63(57)68)56-43-44-62(59-30-16-15-29-58(56)59)67-46-66(71-69(72-67)51-21-7-3-8-22-51)50-38-36-49(37-39-50)52-40-42-61-60-31-17-19-33-64(60)70(65(61)45-52,53-23-9-4-10-24-53)54-25-11-5-12-26-54/h3-46H,1H2,2H3/b41-35-. The average Bonchev–Trinajstić information content (AvgIpc) is 3.93. The molecule has 3 heteroatoms. The van der Waals surface area contributed by atoms with E-state index in [1.807, 2.05) is 18.2 Å². The molecule has 0 N–H and O–H groups in total. The van der Waals surface area contributed by atoms with Gasteiger partial charge in [-0.05, 0) is 104 Å². The third-order valence-electron chi connectivity index (χ3n) is 14.9. The number of aromatic nitrogens is 3. The van der Waals surface area contributed by atoms with Crippen molar-refractivity contribution in [2.75, 3.05) is 0 Å². The summed E-state index contributed by atoms with van der Waals surface area (Å²) in [4.78, 5) is 10.5. The van der Waals surface area contributed by atoms with Gasteiger partial charge in [-0.15, -0.1) is 0 Å². The normalized spacial score (nSPS) is 12.6. The van der Waals surface area contributed by atoms with E-state index in [4.69, 9.17) is 9.97 Å². The Bertz CT molecular complexity index is 4040. The van der Waals surface area contributed by atoms with E-state index >= 15 is 0 Å². The Morgan fingerprint density at radius 3 is 1.71 bits per heavy atom. The molecular formula is C70H49N3. The molecule has 1 aliphatic carbocycles. The van der Waals surface area contributed by atoms with Crippen molar-refractivity contribution in [3.8, 4) is 61.8 Å². The Kier molecular flexibility index (Phi) is 10.8. The summed E-state index contributed by atoms with van der Waals surface area (Å²) >= 11 is 0. The summed E-state index contributed by atoms with van der Waals surface area (Å²) in [5.74, 6) is 0.680. The summed E-state index contributed by atoms with van der Waals surface area (Å²) in [6, 6.07) is 91.4. The van der Waals surface area contributed by atoms with Crippen LogP contribution in [0.1, 0.15) is 39.1 Å². The van der Waals surface area contributed by atoms with Gasteiger partial charge in [-0.3, -0.25) is 0 Å². The molecule has 3 nitrogen and oxygen atoms in total. The van der Waals surface area contributed by atoms with E-state index in [1.54, 1.807) is 0 Å². The van der Waals surface area contributed by atoms with Crippen LogP contribution < -0.4 is 0 Å². The molecule has 0 saturated heterocycles. The van der Waals surface area contributed by atoms with Gasteiger partial charge in [0.2, 0.25) is 0 Å². The third kappa shape index (κ3) is 7.36. The molecule has 0 fully saturated rings. The predicted octanol–water partition coefficient (Wildman–Crippen LogP) is 17.6. The maximum atomic E-state index is 5.30. The second-order valence-corrected chi connectivity index (χ2v) is 18.9. The van der Waals surface area contributed by atoms with Crippen LogP contribution in [0.4, 0.5) is 0 Å². The number of para-hydroxylation sites is 2. The average molecular weight is 932 g/mol. The first kappa shape index (κ1) is 43.6. The predicted molar refractivity (Wildman–Crippen MR) is 305 cm³/mol. The fourth-order valence-corrected chi connectivity index (χ4v) is 11.5. The number of rotatable bonds is 10. The Morgan fingerprint density at radius 2 is 0.986 bits per heavy atom. The maximum Gasteiger partial charge on any atom is 0.160 e. The number of hydrogen-bond acceptors (Lipinski definition) is 2. The van der Waals surface area contributed by atoms with Gasteiger partial charge in [0.15, 0.2) is 5.82 Å². The van der Waals surface area contributed by atoms with Crippen molar-refractivity contribution in [3.63, 3.8) is 0 Å². The monoisotopic (exact) mass is 931 g/mol. The summed E-state index contributed by atoms with van der Waals surface area (Å²) in [5.41, 5.74) is 20.9. The second kappa shape index (κ2) is 18.1. The first-order valence-corrected chi connectivity index (χ1v) is 25.0. The van der Waals surface area contributed by atoms with Crippen LogP contribution in [0.5, 0.6) is 0 Å². The fraction of sp³-hybridized carbons (Fsp3) is 0.0286. The Hall–Kier alpha value is -9.44. The van der Waals surface area contributed by atoms with E-state index in [0.29, 0.717) is 5.82 Å². The second-order valence-electron chi connectivity index (χ2n) is 18.9. The van der Waals surface area contributed by atoms with Gasteiger partial charge in [-0.1, -0.05) is 243 Å². The minimum absolute atomic E-state index is 0.466. The Balaban J connectivity index is 0.876. The molecule has 10 aromatic carbocycles. The zero-order valence-electron chi connectivity index (χ0n) is 40.5. The van der Waals surface area contributed by atoms with Crippen molar-refractivity contribution in [1.29, 1.82) is 0 Å². The minimum Gasteiger partial charge on any atom is -0.313 e. The van der Waals surface area contributed by atoms with Crippen molar-refractivity contribution < 1.29 is 0 Å². The van der Waals surface area contributed by atoms with E-state index in [9.17, 15) is 0 Å². The van der Waals surface area contributed by atoms with Gasteiger partial charge in [-0.2, -0.15) is 0 Å². The summed E-state index contributed by atoms with van der Waals surface area (Å²) in [5, 5.41) is 3.43. The van der Waals surface area contributed by atoms with E-state index in [-0.39, 0.29) is 0 Å². The maximum absolute atomic E-state index is 5.30. The van der Waals surface area contributed by atoms with Crippen LogP contribution in [-0.4, -0.2) is 14.5 Å². The number of nitrogens with zero attached hydrogens (tertiary/aromatic N) is 3. The molecule has 2 aromatic heterocycles. The molecule has 13 rings (SSSR count). The molecule has 0 saturated carbocycles. The highest BCUT2D eigenvalue weighted by atomic mass is 15.0. The van der Waals surface area contributed by atoms with Crippen LogP contribution in [0.25, 0.3) is 95.2 Å². The highest BCUT2D eigenvalue weighted by Crippen LogP contribution is 2.56. The number of fused-ring (bicyclic) bond motifs is 5. The van der Waals surface area contributed by atoms with Gasteiger partial charge in [0.25, 0.3) is 0 Å². The van der Waals surface area contributed by atoms with Crippen LogP contribution in [0, 0.1) is 6.92 Å². The lowest BCUT2D eigenvalue weighted by Gasteiger charge is -2.34. The van der Waals surface area contributed by atoms with Crippen molar-refractivity contribution in [2.24, 2.45) is 0 Å². The lowest BCUT2D eigenvalue weighted by Crippen LogP contribution is -2.28. The highest BCUT2D eigenvalue weighted by Gasteiger charge is 2.46. The molecule has 0 spiro atoms. The van der Waals surface area contributed by atoms with Gasteiger partial charge in [0.1, 0.15) is 0 Å². The van der Waals surface area contributed by atoms with Crippen LogP contribution >= 0.6 is 0 Å². The van der Waals surface area contributed by atoms with Gasteiger partial charge in [0.05, 0.1) is 22.3 Å². The number of benzene rings is 10. The molecule has 73 heavy (non-hydrogen) atoms. The molecule has 0 radical (unpaired) electrons. The summed E-state index contributed by atoms with van der Waals surface area (Å²) in [6.45, 7) is 6.84. The smallest absolute Gasteiger partial charge is 0.160 e. The molecule has 2 heterocycles. The van der Waals surface area contributed by atoms with E-state index < -0.39 is 5.41 Å². The Morgan fingerprint density at radius 1 is 0.438 bits per heavy atom. The van der Waals surface area contributed by atoms with Gasteiger partial charge >= 0.3 is 0 Å². The zero-order valence-corrected chi connectivity index (χ0v) is 40.5. The van der Waals surface area contributed by atoms with Gasteiger partial charge in [0, 0.05) is 39.0 Å². The van der Waals surface area contributed by atoms with Crippen molar-refractivity contribution in [3.05, 3.63) is 307 Å². The lowest BCUT2D eigenvalue weighted by molar-refractivity contribution is 0.769. The SMILES string of the molecule is C=C(/C=C\c1c(C)n(-c2ccccc2)c2ccccc12)c1ccc(-c2cc(-c3ccc(-c4ccc5c(c4)C(c4ccccc4)(c4ccccc4)c4ccccc4-5)cc3)nc(-c3ccccc3)n2)c2ccccc12. The Labute approximate surface area is 426 Å². The molecule has 0 amide bonds. The molecule has 0 bridgehead atoms. The quantitative estimate of drug-likeness (QED) is 0.128. The fourth-order valence-electron chi connectivity index (χ4n) is 11.5. The molecule has 0 unspecified atom stereocenters.